The summed E-state index contributed by atoms with van der Waals surface area (Å²) in [5.41, 5.74) is -0.520. The maximum atomic E-state index is 11.8. The summed E-state index contributed by atoms with van der Waals surface area (Å²) >= 11 is 0. The molecule has 0 atom stereocenters. The highest BCUT2D eigenvalue weighted by atomic mass is 16.6. The van der Waals surface area contributed by atoms with Crippen molar-refractivity contribution in [3.63, 3.8) is 0 Å². The number of amides is 4. The first kappa shape index (κ1) is 44.3. The SMILES string of the molecule is CC(C)(C)OC(=O)NCCOCCOCCOCCOCCOCCOCCOCCOCCOCCNC(=O)CCN1C(=O)C=CC1=O. The lowest BCUT2D eigenvalue weighted by molar-refractivity contribution is -0.137. The van der Waals surface area contributed by atoms with Crippen LogP contribution in [-0.2, 0) is 61.8 Å². The van der Waals surface area contributed by atoms with Crippen LogP contribution in [0.1, 0.15) is 27.2 Å². The topological polar surface area (TPSA) is 188 Å². The Morgan fingerprint density at radius 2 is 0.837 bits per heavy atom. The van der Waals surface area contributed by atoms with E-state index in [1.807, 2.05) is 20.8 Å². The summed E-state index contributed by atoms with van der Waals surface area (Å²) in [7, 11) is 0. The van der Waals surface area contributed by atoms with Gasteiger partial charge < -0.3 is 58.0 Å². The number of hydrogen-bond acceptors (Lipinski definition) is 14. The molecule has 2 N–H and O–H groups in total. The lowest BCUT2D eigenvalue weighted by atomic mass is 10.2. The van der Waals surface area contributed by atoms with Gasteiger partial charge in [0.25, 0.3) is 11.8 Å². The standard InChI is InChI=1S/C32H57N3O14/c1-32(2,3)49-31(39)34-8-11-41-13-15-43-17-19-45-21-23-47-25-27-48-26-24-46-22-20-44-18-16-42-14-12-40-10-7-33-28(36)6-9-35-29(37)4-5-30(35)38/h4-5H,6-27H2,1-3H3,(H,33,36)(H,34,39). The minimum atomic E-state index is -0.520. The molecule has 49 heavy (non-hydrogen) atoms. The summed E-state index contributed by atoms with van der Waals surface area (Å²) in [5, 5.41) is 5.30. The minimum absolute atomic E-state index is 0.0495. The zero-order valence-electron chi connectivity index (χ0n) is 29.4. The van der Waals surface area contributed by atoms with Crippen LogP contribution >= 0.6 is 0 Å². The first-order valence-corrected chi connectivity index (χ1v) is 16.7. The second-order valence-electron chi connectivity index (χ2n) is 11.2. The fraction of sp³-hybridized carbons (Fsp3) is 0.812. The number of ether oxygens (including phenoxy) is 10. The fourth-order valence-electron chi connectivity index (χ4n) is 3.62. The summed E-state index contributed by atoms with van der Waals surface area (Å²) in [5.74, 6) is -1.06. The Morgan fingerprint density at radius 3 is 1.16 bits per heavy atom. The van der Waals surface area contributed by atoms with E-state index in [0.717, 1.165) is 4.90 Å². The molecule has 17 nitrogen and oxygen atoms in total. The summed E-state index contributed by atoms with van der Waals surface area (Å²) < 4.78 is 54.0. The molecule has 0 unspecified atom stereocenters. The fourth-order valence-corrected chi connectivity index (χ4v) is 3.62. The molecule has 0 saturated heterocycles. The highest BCUT2D eigenvalue weighted by Gasteiger charge is 2.23. The van der Waals surface area contributed by atoms with Crippen molar-refractivity contribution in [3.8, 4) is 0 Å². The van der Waals surface area contributed by atoms with Crippen LogP contribution in [0.2, 0.25) is 0 Å². The minimum Gasteiger partial charge on any atom is -0.444 e. The molecule has 1 aliphatic rings. The highest BCUT2D eigenvalue weighted by molar-refractivity contribution is 6.13. The lowest BCUT2D eigenvalue weighted by Crippen LogP contribution is -2.35. The highest BCUT2D eigenvalue weighted by Crippen LogP contribution is 2.06. The number of nitrogens with zero attached hydrogens (tertiary/aromatic N) is 1. The molecule has 0 aromatic heterocycles. The maximum Gasteiger partial charge on any atom is 0.407 e. The Labute approximate surface area is 289 Å². The molecule has 0 spiro atoms. The summed E-state index contributed by atoms with van der Waals surface area (Å²) in [6, 6.07) is 0. The van der Waals surface area contributed by atoms with Crippen molar-refractivity contribution >= 4 is 23.8 Å². The van der Waals surface area contributed by atoms with Gasteiger partial charge in [0.1, 0.15) is 5.60 Å². The average molecular weight is 708 g/mol. The Bertz CT molecular complexity index is 898. The van der Waals surface area contributed by atoms with Gasteiger partial charge in [0.15, 0.2) is 0 Å². The molecular formula is C32H57N3O14. The normalized spacial score (nSPS) is 13.0. The third-order valence-corrected chi connectivity index (χ3v) is 5.92. The van der Waals surface area contributed by atoms with E-state index in [-0.39, 0.29) is 18.9 Å². The Morgan fingerprint density at radius 1 is 0.531 bits per heavy atom. The predicted molar refractivity (Wildman–Crippen MR) is 175 cm³/mol. The molecule has 17 heteroatoms. The summed E-state index contributed by atoms with van der Waals surface area (Å²) in [6.07, 6.45) is 1.97. The second-order valence-corrected chi connectivity index (χ2v) is 11.2. The van der Waals surface area contributed by atoms with Crippen molar-refractivity contribution in [2.75, 3.05) is 139 Å². The van der Waals surface area contributed by atoms with Gasteiger partial charge in [-0.05, 0) is 20.8 Å². The largest absolute Gasteiger partial charge is 0.444 e. The van der Waals surface area contributed by atoms with Crippen molar-refractivity contribution in [3.05, 3.63) is 12.2 Å². The van der Waals surface area contributed by atoms with E-state index in [9.17, 15) is 19.2 Å². The van der Waals surface area contributed by atoms with Crippen LogP contribution in [-0.4, -0.2) is 173 Å². The van der Waals surface area contributed by atoms with Gasteiger partial charge in [-0.25, -0.2) is 4.79 Å². The van der Waals surface area contributed by atoms with Gasteiger partial charge in [-0.15, -0.1) is 0 Å². The van der Waals surface area contributed by atoms with Crippen molar-refractivity contribution in [2.24, 2.45) is 0 Å². The van der Waals surface area contributed by atoms with Crippen molar-refractivity contribution in [1.82, 2.24) is 15.5 Å². The number of hydrogen-bond donors (Lipinski definition) is 2. The van der Waals surface area contributed by atoms with E-state index in [4.69, 9.17) is 47.4 Å². The smallest absolute Gasteiger partial charge is 0.407 e. The molecule has 1 aliphatic heterocycles. The number of nitrogens with one attached hydrogen (secondary N) is 2. The molecule has 1 heterocycles. The van der Waals surface area contributed by atoms with Crippen LogP contribution in [0.25, 0.3) is 0 Å². The Kier molecular flexibility index (Phi) is 27.2. The van der Waals surface area contributed by atoms with E-state index in [0.29, 0.717) is 132 Å². The molecule has 0 radical (unpaired) electrons. The number of alkyl carbamates (subject to hydrolysis) is 1. The number of carbonyl (C=O) groups excluding carboxylic acids is 4. The van der Waals surface area contributed by atoms with Gasteiger partial charge in [0, 0.05) is 38.2 Å². The van der Waals surface area contributed by atoms with E-state index in [1.54, 1.807) is 0 Å². The van der Waals surface area contributed by atoms with Crippen molar-refractivity contribution in [2.45, 2.75) is 32.8 Å². The molecule has 1 rings (SSSR count). The van der Waals surface area contributed by atoms with Gasteiger partial charge in [-0.2, -0.15) is 0 Å². The Hall–Kier alpha value is -2.74. The molecule has 0 aromatic rings. The van der Waals surface area contributed by atoms with Crippen molar-refractivity contribution in [1.29, 1.82) is 0 Å². The number of imide groups is 1. The molecule has 0 aromatic carbocycles. The van der Waals surface area contributed by atoms with E-state index in [1.165, 1.54) is 12.2 Å². The van der Waals surface area contributed by atoms with Gasteiger partial charge in [-0.3, -0.25) is 19.3 Å². The van der Waals surface area contributed by atoms with Crippen LogP contribution in [0.3, 0.4) is 0 Å². The molecule has 0 aliphatic carbocycles. The molecular weight excluding hydrogens is 650 g/mol. The van der Waals surface area contributed by atoms with E-state index in [2.05, 4.69) is 10.6 Å². The first-order valence-electron chi connectivity index (χ1n) is 16.7. The van der Waals surface area contributed by atoms with E-state index >= 15 is 0 Å². The molecule has 0 fully saturated rings. The predicted octanol–water partition coefficient (Wildman–Crippen LogP) is 0.0918. The van der Waals surface area contributed by atoms with Crippen LogP contribution in [0.4, 0.5) is 4.79 Å². The molecule has 4 amide bonds. The van der Waals surface area contributed by atoms with Crippen molar-refractivity contribution < 1.29 is 66.5 Å². The van der Waals surface area contributed by atoms with Gasteiger partial charge >= 0.3 is 6.09 Å². The van der Waals surface area contributed by atoms with Crippen LogP contribution in [0.15, 0.2) is 12.2 Å². The average Bonchev–Trinajstić information content (AvgIpc) is 3.37. The van der Waals surface area contributed by atoms with Crippen LogP contribution in [0, 0.1) is 0 Å². The third-order valence-electron chi connectivity index (χ3n) is 5.92. The van der Waals surface area contributed by atoms with Gasteiger partial charge in [-0.1, -0.05) is 0 Å². The van der Waals surface area contributed by atoms with Gasteiger partial charge in [0.05, 0.1) is 119 Å². The Balaban J connectivity index is 1.67. The third kappa shape index (κ3) is 28.8. The van der Waals surface area contributed by atoms with E-state index < -0.39 is 23.5 Å². The summed E-state index contributed by atoms with van der Waals surface area (Å²) in [6.45, 7) is 14.0. The molecule has 0 saturated carbocycles. The lowest BCUT2D eigenvalue weighted by Gasteiger charge is -2.19. The first-order chi connectivity index (χ1) is 23.7. The zero-order chi connectivity index (χ0) is 35.8. The monoisotopic (exact) mass is 707 g/mol. The van der Waals surface area contributed by atoms with Crippen LogP contribution < -0.4 is 10.6 Å². The second kappa shape index (κ2) is 30.1. The quantitative estimate of drug-likeness (QED) is 0.0690. The number of carbonyl (C=O) groups is 4. The maximum absolute atomic E-state index is 11.8. The zero-order valence-corrected chi connectivity index (χ0v) is 29.4. The molecule has 284 valence electrons. The number of rotatable bonds is 33. The molecule has 0 bridgehead atoms. The summed E-state index contributed by atoms with van der Waals surface area (Å²) in [4.78, 5) is 47.2. The van der Waals surface area contributed by atoms with Crippen LogP contribution in [0.5, 0.6) is 0 Å². The van der Waals surface area contributed by atoms with Gasteiger partial charge in [0.2, 0.25) is 5.91 Å².